The van der Waals surface area contributed by atoms with E-state index in [-0.39, 0.29) is 11.9 Å². The van der Waals surface area contributed by atoms with Crippen molar-refractivity contribution in [3.8, 4) is 0 Å². The molecule has 4 rings (SSSR count). The molecule has 1 amide bonds. The van der Waals surface area contributed by atoms with E-state index in [9.17, 15) is 4.79 Å². The molecule has 130 valence electrons. The van der Waals surface area contributed by atoms with Crippen LogP contribution in [0.3, 0.4) is 0 Å². The standard InChI is InChI=1S/C20H24N4O/c25-19(9-8-15-5-2-1-3-6-15)24-12-4-7-18(24)20-22-14-16-13-21-11-10-17(16)23-20/h1-3,5-6,14,18,21H,4,7-13H2. The molecule has 2 aliphatic heterocycles. The molecule has 0 spiro atoms. The van der Waals surface area contributed by atoms with Gasteiger partial charge in [-0.3, -0.25) is 4.79 Å². The Kier molecular flexibility index (Phi) is 4.74. The van der Waals surface area contributed by atoms with Gasteiger partial charge in [-0.1, -0.05) is 30.3 Å². The summed E-state index contributed by atoms with van der Waals surface area (Å²) in [6.07, 6.45) is 6.22. The van der Waals surface area contributed by atoms with Gasteiger partial charge in [0.1, 0.15) is 0 Å². The molecule has 0 saturated carbocycles. The summed E-state index contributed by atoms with van der Waals surface area (Å²) < 4.78 is 0. The van der Waals surface area contributed by atoms with Crippen molar-refractivity contribution in [3.63, 3.8) is 0 Å². The second kappa shape index (κ2) is 7.31. The number of carbonyl (C=O) groups is 1. The lowest BCUT2D eigenvalue weighted by Crippen LogP contribution is -2.32. The molecule has 3 heterocycles. The third-order valence-electron chi connectivity index (χ3n) is 5.17. The number of nitrogens with one attached hydrogen (secondary N) is 1. The summed E-state index contributed by atoms with van der Waals surface area (Å²) in [6, 6.07) is 10.3. The number of likely N-dealkylation sites (tertiary alicyclic amines) is 1. The highest BCUT2D eigenvalue weighted by molar-refractivity contribution is 5.77. The summed E-state index contributed by atoms with van der Waals surface area (Å²) in [5, 5.41) is 3.34. The van der Waals surface area contributed by atoms with Crippen LogP contribution in [0.4, 0.5) is 0 Å². The molecule has 1 saturated heterocycles. The molecule has 1 fully saturated rings. The van der Waals surface area contributed by atoms with Gasteiger partial charge in [0, 0.05) is 49.9 Å². The summed E-state index contributed by atoms with van der Waals surface area (Å²) in [5.74, 6) is 1.04. The highest BCUT2D eigenvalue weighted by atomic mass is 16.2. The molecule has 0 aliphatic carbocycles. The average Bonchev–Trinajstić information content (AvgIpc) is 3.16. The highest BCUT2D eigenvalue weighted by Gasteiger charge is 2.32. The first kappa shape index (κ1) is 16.2. The zero-order valence-corrected chi connectivity index (χ0v) is 14.4. The van der Waals surface area contributed by atoms with Crippen LogP contribution in [0.1, 0.15) is 47.9 Å². The van der Waals surface area contributed by atoms with E-state index in [4.69, 9.17) is 4.98 Å². The van der Waals surface area contributed by atoms with Crippen LogP contribution in [0.2, 0.25) is 0 Å². The lowest BCUT2D eigenvalue weighted by atomic mass is 10.1. The van der Waals surface area contributed by atoms with Crippen LogP contribution < -0.4 is 5.32 Å². The number of hydrogen-bond acceptors (Lipinski definition) is 4. The zero-order valence-electron chi connectivity index (χ0n) is 14.4. The molecule has 1 unspecified atom stereocenters. The Bertz CT molecular complexity index is 747. The first-order valence-corrected chi connectivity index (χ1v) is 9.20. The molecule has 1 aromatic carbocycles. The maximum Gasteiger partial charge on any atom is 0.223 e. The minimum absolute atomic E-state index is 0.0449. The highest BCUT2D eigenvalue weighted by Crippen LogP contribution is 2.31. The maximum atomic E-state index is 12.8. The van der Waals surface area contributed by atoms with Gasteiger partial charge in [-0.05, 0) is 24.8 Å². The molecule has 0 bridgehead atoms. The van der Waals surface area contributed by atoms with Crippen LogP contribution >= 0.6 is 0 Å². The Morgan fingerprint density at radius 3 is 3.04 bits per heavy atom. The molecule has 5 nitrogen and oxygen atoms in total. The molecule has 1 atom stereocenters. The van der Waals surface area contributed by atoms with Crippen LogP contribution in [0, 0.1) is 0 Å². The Labute approximate surface area is 148 Å². The maximum absolute atomic E-state index is 12.8. The van der Waals surface area contributed by atoms with Crippen molar-refractivity contribution in [2.45, 2.75) is 44.7 Å². The van der Waals surface area contributed by atoms with Crippen molar-refractivity contribution < 1.29 is 4.79 Å². The smallest absolute Gasteiger partial charge is 0.223 e. The first-order chi connectivity index (χ1) is 12.3. The summed E-state index contributed by atoms with van der Waals surface area (Å²) >= 11 is 0. The number of benzene rings is 1. The fourth-order valence-corrected chi connectivity index (χ4v) is 3.79. The lowest BCUT2D eigenvalue weighted by molar-refractivity contribution is -0.132. The van der Waals surface area contributed by atoms with E-state index in [1.807, 2.05) is 29.3 Å². The SMILES string of the molecule is O=C(CCc1ccccc1)N1CCCC1c1ncc2c(n1)CCNC2. The van der Waals surface area contributed by atoms with Gasteiger partial charge in [-0.2, -0.15) is 0 Å². The molecule has 25 heavy (non-hydrogen) atoms. The second-order valence-electron chi connectivity index (χ2n) is 6.86. The minimum Gasteiger partial charge on any atom is -0.332 e. The number of rotatable bonds is 4. The Morgan fingerprint density at radius 2 is 2.16 bits per heavy atom. The molecule has 0 radical (unpaired) electrons. The number of amides is 1. The molecule has 1 aromatic heterocycles. The van der Waals surface area contributed by atoms with Gasteiger partial charge in [-0.15, -0.1) is 0 Å². The monoisotopic (exact) mass is 336 g/mol. The average molecular weight is 336 g/mol. The van der Waals surface area contributed by atoms with Crippen LogP contribution in [-0.4, -0.2) is 33.9 Å². The third kappa shape index (κ3) is 3.56. The van der Waals surface area contributed by atoms with Crippen molar-refractivity contribution in [3.05, 3.63) is 59.2 Å². The Morgan fingerprint density at radius 1 is 1.28 bits per heavy atom. The fourth-order valence-electron chi connectivity index (χ4n) is 3.79. The normalized spacial score (nSPS) is 19.7. The van der Waals surface area contributed by atoms with Gasteiger partial charge >= 0.3 is 0 Å². The van der Waals surface area contributed by atoms with Gasteiger partial charge in [-0.25, -0.2) is 9.97 Å². The number of carbonyl (C=O) groups excluding carboxylic acids is 1. The van der Waals surface area contributed by atoms with E-state index in [2.05, 4.69) is 22.4 Å². The molecular formula is C20H24N4O. The van der Waals surface area contributed by atoms with E-state index < -0.39 is 0 Å². The molecular weight excluding hydrogens is 312 g/mol. The van der Waals surface area contributed by atoms with Gasteiger partial charge in [0.05, 0.1) is 6.04 Å². The van der Waals surface area contributed by atoms with Crippen molar-refractivity contribution >= 4 is 5.91 Å². The van der Waals surface area contributed by atoms with Gasteiger partial charge in [0.15, 0.2) is 5.82 Å². The molecule has 2 aromatic rings. The summed E-state index contributed by atoms with van der Waals surface area (Å²) in [5.41, 5.74) is 3.55. The summed E-state index contributed by atoms with van der Waals surface area (Å²) in [7, 11) is 0. The predicted molar refractivity (Wildman–Crippen MR) is 95.9 cm³/mol. The van der Waals surface area contributed by atoms with Gasteiger partial charge < -0.3 is 10.2 Å². The number of nitrogens with zero attached hydrogens (tertiary/aromatic N) is 3. The van der Waals surface area contributed by atoms with Crippen LogP contribution in [0.5, 0.6) is 0 Å². The topological polar surface area (TPSA) is 58.1 Å². The van der Waals surface area contributed by atoms with E-state index in [0.717, 1.165) is 56.8 Å². The summed E-state index contributed by atoms with van der Waals surface area (Å²) in [4.78, 5) is 24.1. The van der Waals surface area contributed by atoms with E-state index in [1.165, 1.54) is 11.1 Å². The predicted octanol–water partition coefficient (Wildman–Crippen LogP) is 2.42. The van der Waals surface area contributed by atoms with Crippen molar-refractivity contribution in [1.29, 1.82) is 0 Å². The van der Waals surface area contributed by atoms with Crippen molar-refractivity contribution in [1.82, 2.24) is 20.2 Å². The summed E-state index contributed by atoms with van der Waals surface area (Å²) in [6.45, 7) is 2.63. The number of aromatic nitrogens is 2. The third-order valence-corrected chi connectivity index (χ3v) is 5.17. The first-order valence-electron chi connectivity index (χ1n) is 9.20. The number of aryl methyl sites for hydroxylation is 1. The van der Waals surface area contributed by atoms with E-state index >= 15 is 0 Å². The Balaban J connectivity index is 1.45. The van der Waals surface area contributed by atoms with E-state index in [1.54, 1.807) is 0 Å². The molecule has 2 aliphatic rings. The van der Waals surface area contributed by atoms with E-state index in [0.29, 0.717) is 6.42 Å². The van der Waals surface area contributed by atoms with Crippen molar-refractivity contribution in [2.24, 2.45) is 0 Å². The van der Waals surface area contributed by atoms with Gasteiger partial charge in [0.2, 0.25) is 5.91 Å². The van der Waals surface area contributed by atoms with Crippen molar-refractivity contribution in [2.75, 3.05) is 13.1 Å². The quantitative estimate of drug-likeness (QED) is 0.931. The van der Waals surface area contributed by atoms with Crippen LogP contribution in [0.15, 0.2) is 36.5 Å². The van der Waals surface area contributed by atoms with Gasteiger partial charge in [0.25, 0.3) is 0 Å². The second-order valence-corrected chi connectivity index (χ2v) is 6.86. The van der Waals surface area contributed by atoms with Crippen LogP contribution in [0.25, 0.3) is 0 Å². The van der Waals surface area contributed by atoms with Crippen LogP contribution in [-0.2, 0) is 24.2 Å². The zero-order chi connectivity index (χ0) is 17.1. The fraction of sp³-hybridized carbons (Fsp3) is 0.450. The minimum atomic E-state index is 0.0449. The number of hydrogen-bond donors (Lipinski definition) is 1. The Hall–Kier alpha value is -2.27. The lowest BCUT2D eigenvalue weighted by Gasteiger charge is -2.25. The largest absolute Gasteiger partial charge is 0.332 e. The number of fused-ring (bicyclic) bond motifs is 1. The molecule has 1 N–H and O–H groups in total. The molecule has 5 heteroatoms.